The van der Waals surface area contributed by atoms with Crippen LogP contribution in [-0.2, 0) is 10.0 Å². The first-order valence-corrected chi connectivity index (χ1v) is 10.6. The first kappa shape index (κ1) is 22.4. The van der Waals surface area contributed by atoms with Crippen molar-refractivity contribution >= 4 is 32.6 Å². The molecule has 0 aliphatic heterocycles. The number of rotatable bonds is 6. The standard InChI is InChI=1S/C20H20F2N4O4S/c1-12(13-5-7-14(8-6-13)31(23,28)29)26(2)20(27)25-16-9-10-17(30-19(21)22)18-15(16)4-3-11-24-18/h3-12,19H,1-2H3,(H,25,27)(H2,23,28,29). The summed E-state index contributed by atoms with van der Waals surface area (Å²) >= 11 is 0. The minimum absolute atomic E-state index is 0.0272. The van der Waals surface area contributed by atoms with Crippen molar-refractivity contribution in [1.29, 1.82) is 0 Å². The van der Waals surface area contributed by atoms with Gasteiger partial charge in [-0.25, -0.2) is 18.4 Å². The number of carbonyl (C=O) groups excluding carboxylic acids is 1. The van der Waals surface area contributed by atoms with Gasteiger partial charge in [0.1, 0.15) is 5.52 Å². The monoisotopic (exact) mass is 450 g/mol. The van der Waals surface area contributed by atoms with Crippen molar-refractivity contribution in [2.75, 3.05) is 12.4 Å². The van der Waals surface area contributed by atoms with Gasteiger partial charge in [0.15, 0.2) is 5.75 Å². The number of ether oxygens (including phenoxy) is 1. The zero-order chi connectivity index (χ0) is 22.8. The van der Waals surface area contributed by atoms with Gasteiger partial charge in [-0.2, -0.15) is 8.78 Å². The van der Waals surface area contributed by atoms with Gasteiger partial charge in [-0.1, -0.05) is 12.1 Å². The Morgan fingerprint density at radius 2 is 1.84 bits per heavy atom. The van der Waals surface area contributed by atoms with Crippen LogP contribution >= 0.6 is 0 Å². The highest BCUT2D eigenvalue weighted by molar-refractivity contribution is 7.89. The second-order valence-electron chi connectivity index (χ2n) is 6.72. The number of carbonyl (C=O) groups is 1. The summed E-state index contributed by atoms with van der Waals surface area (Å²) < 4.78 is 52.6. The number of sulfonamides is 1. The van der Waals surface area contributed by atoms with Crippen molar-refractivity contribution in [2.45, 2.75) is 24.5 Å². The maximum absolute atomic E-state index is 12.8. The number of benzene rings is 2. The lowest BCUT2D eigenvalue weighted by Gasteiger charge is -2.26. The summed E-state index contributed by atoms with van der Waals surface area (Å²) in [6, 6.07) is 11.0. The number of nitrogens with two attached hydrogens (primary N) is 1. The molecule has 1 unspecified atom stereocenters. The largest absolute Gasteiger partial charge is 0.432 e. The van der Waals surface area contributed by atoms with Crippen LogP contribution in [0.5, 0.6) is 5.75 Å². The number of pyridine rings is 1. The average Bonchev–Trinajstić information content (AvgIpc) is 2.73. The fourth-order valence-electron chi connectivity index (χ4n) is 2.99. The normalized spacial score (nSPS) is 12.6. The third-order valence-electron chi connectivity index (χ3n) is 4.78. The number of nitrogens with one attached hydrogen (secondary N) is 1. The Bertz CT molecular complexity index is 1200. The van der Waals surface area contributed by atoms with Crippen molar-refractivity contribution in [3.63, 3.8) is 0 Å². The molecule has 0 aliphatic rings. The number of hydrogen-bond donors (Lipinski definition) is 2. The lowest BCUT2D eigenvalue weighted by atomic mass is 10.1. The van der Waals surface area contributed by atoms with Crippen LogP contribution in [0.15, 0.2) is 59.6 Å². The number of halogens is 2. The van der Waals surface area contributed by atoms with Gasteiger partial charge >= 0.3 is 12.6 Å². The van der Waals surface area contributed by atoms with E-state index in [9.17, 15) is 22.0 Å². The molecule has 0 fully saturated rings. The SMILES string of the molecule is CC(c1ccc(S(N)(=O)=O)cc1)N(C)C(=O)Nc1ccc(OC(F)F)c2ncccc12. The van der Waals surface area contributed by atoms with E-state index in [-0.39, 0.29) is 16.2 Å². The van der Waals surface area contributed by atoms with E-state index in [0.717, 1.165) is 0 Å². The molecule has 3 aromatic rings. The molecule has 1 heterocycles. The zero-order valence-electron chi connectivity index (χ0n) is 16.6. The summed E-state index contributed by atoms with van der Waals surface area (Å²) in [4.78, 5) is 18.2. The molecule has 0 aliphatic carbocycles. The minimum Gasteiger partial charge on any atom is -0.432 e. The Hall–Kier alpha value is -3.31. The molecular weight excluding hydrogens is 430 g/mol. The Labute approximate surface area is 177 Å². The molecular formula is C20H20F2N4O4S. The quantitative estimate of drug-likeness (QED) is 0.594. The second kappa shape index (κ2) is 8.82. The predicted octanol–water partition coefficient (Wildman–Crippen LogP) is 3.71. The van der Waals surface area contributed by atoms with Crippen LogP contribution in [0, 0.1) is 0 Å². The van der Waals surface area contributed by atoms with Crippen LogP contribution in [0.3, 0.4) is 0 Å². The summed E-state index contributed by atoms with van der Waals surface area (Å²) in [6.07, 6.45) is 1.44. The van der Waals surface area contributed by atoms with Gasteiger partial charge in [-0.3, -0.25) is 4.98 Å². The Morgan fingerprint density at radius 1 is 1.16 bits per heavy atom. The molecule has 11 heteroatoms. The predicted molar refractivity (Wildman–Crippen MR) is 111 cm³/mol. The smallest absolute Gasteiger partial charge is 0.387 e. The van der Waals surface area contributed by atoms with Gasteiger partial charge in [-0.15, -0.1) is 0 Å². The maximum atomic E-state index is 12.8. The molecule has 8 nitrogen and oxygen atoms in total. The number of urea groups is 1. The van der Waals surface area contributed by atoms with Crippen LogP contribution in [-0.4, -0.2) is 38.0 Å². The number of alkyl halides is 2. The van der Waals surface area contributed by atoms with Gasteiger partial charge in [-0.05, 0) is 48.9 Å². The molecule has 3 rings (SSSR count). The fourth-order valence-corrected chi connectivity index (χ4v) is 3.50. The number of amides is 2. The minimum atomic E-state index is -3.81. The Morgan fingerprint density at radius 3 is 2.45 bits per heavy atom. The van der Waals surface area contributed by atoms with Crippen LogP contribution in [0.2, 0.25) is 0 Å². The molecule has 164 valence electrons. The number of anilines is 1. The van der Waals surface area contributed by atoms with Crippen molar-refractivity contribution < 1.29 is 26.7 Å². The van der Waals surface area contributed by atoms with Gasteiger partial charge < -0.3 is 15.0 Å². The highest BCUT2D eigenvalue weighted by atomic mass is 32.2. The van der Waals surface area contributed by atoms with Crippen molar-refractivity contribution in [3.8, 4) is 5.75 Å². The molecule has 3 N–H and O–H groups in total. The summed E-state index contributed by atoms with van der Waals surface area (Å²) in [5.74, 6) is -0.0970. The molecule has 0 spiro atoms. The van der Waals surface area contributed by atoms with E-state index < -0.39 is 28.7 Å². The lowest BCUT2D eigenvalue weighted by molar-refractivity contribution is -0.0489. The third-order valence-corrected chi connectivity index (χ3v) is 5.71. The first-order chi connectivity index (χ1) is 14.6. The molecule has 1 aromatic heterocycles. The number of aromatic nitrogens is 1. The number of nitrogens with zero attached hydrogens (tertiary/aromatic N) is 2. The number of fused-ring (bicyclic) bond motifs is 1. The van der Waals surface area contributed by atoms with Gasteiger partial charge in [0, 0.05) is 18.6 Å². The lowest BCUT2D eigenvalue weighted by Crippen LogP contribution is -2.33. The van der Waals surface area contributed by atoms with E-state index >= 15 is 0 Å². The van der Waals surface area contributed by atoms with Crippen molar-refractivity contribution in [1.82, 2.24) is 9.88 Å². The topological polar surface area (TPSA) is 115 Å². The molecule has 2 amide bonds. The van der Waals surface area contributed by atoms with Crippen molar-refractivity contribution in [3.05, 3.63) is 60.3 Å². The van der Waals surface area contributed by atoms with Crippen LogP contribution < -0.4 is 15.2 Å². The van der Waals surface area contributed by atoms with E-state index in [1.807, 2.05) is 0 Å². The molecule has 2 aromatic carbocycles. The van der Waals surface area contributed by atoms with Gasteiger partial charge in [0.2, 0.25) is 10.0 Å². The van der Waals surface area contributed by atoms with Crippen LogP contribution in [0.1, 0.15) is 18.5 Å². The summed E-state index contributed by atoms with van der Waals surface area (Å²) in [5, 5.41) is 8.28. The summed E-state index contributed by atoms with van der Waals surface area (Å²) in [6.45, 7) is -1.23. The van der Waals surface area contributed by atoms with E-state index in [1.165, 1.54) is 35.4 Å². The highest BCUT2D eigenvalue weighted by Crippen LogP contribution is 2.31. The molecule has 0 radical (unpaired) electrons. The Kier molecular flexibility index (Phi) is 6.37. The molecule has 1 atom stereocenters. The van der Waals surface area contributed by atoms with E-state index in [2.05, 4.69) is 15.0 Å². The molecule has 0 saturated carbocycles. The summed E-state index contributed by atoms with van der Waals surface area (Å²) in [7, 11) is -2.24. The van der Waals surface area contributed by atoms with Gasteiger partial charge in [0.05, 0.1) is 16.6 Å². The van der Waals surface area contributed by atoms with E-state index in [1.54, 1.807) is 38.2 Å². The molecule has 31 heavy (non-hydrogen) atoms. The van der Waals surface area contributed by atoms with Gasteiger partial charge in [0.25, 0.3) is 0 Å². The zero-order valence-corrected chi connectivity index (χ0v) is 17.4. The highest BCUT2D eigenvalue weighted by Gasteiger charge is 2.20. The Balaban J connectivity index is 1.81. The molecule has 0 bridgehead atoms. The number of hydrogen-bond acceptors (Lipinski definition) is 5. The van der Waals surface area contributed by atoms with E-state index in [0.29, 0.717) is 16.6 Å². The maximum Gasteiger partial charge on any atom is 0.387 e. The second-order valence-corrected chi connectivity index (χ2v) is 8.28. The van der Waals surface area contributed by atoms with Crippen molar-refractivity contribution in [2.24, 2.45) is 5.14 Å². The summed E-state index contributed by atoms with van der Waals surface area (Å²) in [5.41, 5.74) is 1.26. The van der Waals surface area contributed by atoms with Crippen LogP contribution in [0.25, 0.3) is 10.9 Å². The molecule has 0 saturated heterocycles. The number of primary sulfonamides is 1. The first-order valence-electron chi connectivity index (χ1n) is 9.07. The van der Waals surface area contributed by atoms with E-state index in [4.69, 9.17) is 5.14 Å². The fraction of sp³-hybridized carbons (Fsp3) is 0.200. The van der Waals surface area contributed by atoms with Crippen LogP contribution in [0.4, 0.5) is 19.3 Å². The third kappa shape index (κ3) is 5.06. The average molecular weight is 450 g/mol.